The molecule has 2 aromatic rings. The molecule has 0 aliphatic rings. The third-order valence-electron chi connectivity index (χ3n) is 3.03. The van der Waals surface area contributed by atoms with Gasteiger partial charge in [-0.05, 0) is 25.1 Å². The Bertz CT molecular complexity index is 728. The highest BCUT2D eigenvalue weighted by Gasteiger charge is 2.19. The standard InChI is InChI=1S/C15H16N2O5S/c1-8(13(16)18)22-15(19)10-7-23-14(17-10)9-4-5-11(20-2)12(6-9)21-3/h4-8H,1-3H3,(H2,16,18)/t8-/m0/s1. The maximum absolute atomic E-state index is 11.9. The van der Waals surface area contributed by atoms with E-state index in [9.17, 15) is 9.59 Å². The molecule has 2 rings (SSSR count). The number of hydrogen-bond donors (Lipinski definition) is 1. The first-order chi connectivity index (χ1) is 11.0. The first kappa shape index (κ1) is 16.8. The number of rotatable bonds is 6. The van der Waals surface area contributed by atoms with Crippen LogP contribution in [-0.4, -0.2) is 37.2 Å². The van der Waals surface area contributed by atoms with Gasteiger partial charge in [-0.2, -0.15) is 0 Å². The Labute approximate surface area is 137 Å². The number of ether oxygens (including phenoxy) is 3. The van der Waals surface area contributed by atoms with Crippen molar-refractivity contribution in [3.63, 3.8) is 0 Å². The van der Waals surface area contributed by atoms with Gasteiger partial charge in [0.25, 0.3) is 5.91 Å². The van der Waals surface area contributed by atoms with Crippen molar-refractivity contribution >= 4 is 23.2 Å². The first-order valence-corrected chi connectivity index (χ1v) is 7.52. The summed E-state index contributed by atoms with van der Waals surface area (Å²) in [6.45, 7) is 1.40. The van der Waals surface area contributed by atoms with Crippen molar-refractivity contribution in [3.8, 4) is 22.1 Å². The van der Waals surface area contributed by atoms with E-state index >= 15 is 0 Å². The summed E-state index contributed by atoms with van der Waals surface area (Å²) in [5.41, 5.74) is 5.95. The summed E-state index contributed by atoms with van der Waals surface area (Å²) in [7, 11) is 3.09. The zero-order chi connectivity index (χ0) is 17.0. The Morgan fingerprint density at radius 2 is 1.91 bits per heavy atom. The second kappa shape index (κ2) is 7.10. The fourth-order valence-corrected chi connectivity index (χ4v) is 2.53. The van der Waals surface area contributed by atoms with Gasteiger partial charge < -0.3 is 19.9 Å². The predicted molar refractivity (Wildman–Crippen MR) is 84.7 cm³/mol. The Kier molecular flexibility index (Phi) is 5.17. The zero-order valence-corrected chi connectivity index (χ0v) is 13.7. The number of nitrogens with two attached hydrogens (primary N) is 1. The zero-order valence-electron chi connectivity index (χ0n) is 12.9. The van der Waals surface area contributed by atoms with E-state index in [1.807, 2.05) is 0 Å². The van der Waals surface area contributed by atoms with Crippen LogP contribution in [0.3, 0.4) is 0 Å². The molecule has 1 atom stereocenters. The van der Waals surface area contributed by atoms with Crippen LogP contribution in [0.5, 0.6) is 11.5 Å². The van der Waals surface area contributed by atoms with E-state index in [1.165, 1.54) is 25.4 Å². The topological polar surface area (TPSA) is 101 Å². The lowest BCUT2D eigenvalue weighted by Gasteiger charge is -2.08. The van der Waals surface area contributed by atoms with Gasteiger partial charge in [0, 0.05) is 10.9 Å². The summed E-state index contributed by atoms with van der Waals surface area (Å²) in [4.78, 5) is 27.0. The van der Waals surface area contributed by atoms with Crippen LogP contribution in [0, 0.1) is 0 Å². The van der Waals surface area contributed by atoms with Crippen molar-refractivity contribution in [2.75, 3.05) is 14.2 Å². The SMILES string of the molecule is COc1ccc(-c2nc(C(=O)O[C@@H](C)C(N)=O)cs2)cc1OC. The molecule has 0 bridgehead atoms. The van der Waals surface area contributed by atoms with Crippen LogP contribution in [0.15, 0.2) is 23.6 Å². The van der Waals surface area contributed by atoms with Crippen LogP contribution in [0.4, 0.5) is 0 Å². The van der Waals surface area contributed by atoms with Crippen molar-refractivity contribution in [1.29, 1.82) is 0 Å². The normalized spacial score (nSPS) is 11.6. The molecule has 0 fully saturated rings. The maximum atomic E-state index is 11.9. The monoisotopic (exact) mass is 336 g/mol. The first-order valence-electron chi connectivity index (χ1n) is 6.64. The van der Waals surface area contributed by atoms with Crippen LogP contribution < -0.4 is 15.2 Å². The van der Waals surface area contributed by atoms with Crippen LogP contribution in [0.25, 0.3) is 10.6 Å². The number of carbonyl (C=O) groups excluding carboxylic acids is 2. The average Bonchev–Trinajstić information content (AvgIpc) is 3.04. The predicted octanol–water partition coefficient (Wildman–Crippen LogP) is 1.86. The minimum absolute atomic E-state index is 0.118. The van der Waals surface area contributed by atoms with E-state index in [-0.39, 0.29) is 5.69 Å². The second-order valence-electron chi connectivity index (χ2n) is 4.56. The van der Waals surface area contributed by atoms with Crippen LogP contribution >= 0.6 is 11.3 Å². The number of carbonyl (C=O) groups is 2. The van der Waals surface area contributed by atoms with Gasteiger partial charge in [-0.1, -0.05) is 0 Å². The van der Waals surface area contributed by atoms with E-state index in [0.717, 1.165) is 5.56 Å². The lowest BCUT2D eigenvalue weighted by molar-refractivity contribution is -0.125. The molecule has 0 saturated heterocycles. The second-order valence-corrected chi connectivity index (χ2v) is 5.42. The van der Waals surface area contributed by atoms with Gasteiger partial charge in [0.15, 0.2) is 23.3 Å². The third kappa shape index (κ3) is 3.78. The van der Waals surface area contributed by atoms with Crippen LogP contribution in [0.2, 0.25) is 0 Å². The molecule has 122 valence electrons. The number of benzene rings is 1. The fraction of sp³-hybridized carbons (Fsp3) is 0.267. The Balaban J connectivity index is 2.22. The number of primary amides is 1. The summed E-state index contributed by atoms with van der Waals surface area (Å²) in [6, 6.07) is 5.32. The molecule has 1 heterocycles. The quantitative estimate of drug-likeness (QED) is 0.808. The molecule has 1 aromatic carbocycles. The number of nitrogens with zero attached hydrogens (tertiary/aromatic N) is 1. The molecule has 7 nitrogen and oxygen atoms in total. The molecule has 2 N–H and O–H groups in total. The molecule has 0 aliphatic heterocycles. The Morgan fingerprint density at radius 1 is 1.22 bits per heavy atom. The van der Waals surface area contributed by atoms with E-state index in [1.54, 1.807) is 30.7 Å². The number of hydrogen-bond acceptors (Lipinski definition) is 7. The summed E-state index contributed by atoms with van der Waals surface area (Å²) in [5, 5.41) is 2.17. The molecule has 0 radical (unpaired) electrons. The van der Waals surface area contributed by atoms with Gasteiger partial charge in [-0.25, -0.2) is 9.78 Å². The maximum Gasteiger partial charge on any atom is 0.358 e. The van der Waals surface area contributed by atoms with Crippen molar-refractivity contribution < 1.29 is 23.8 Å². The highest BCUT2D eigenvalue weighted by Crippen LogP contribution is 2.33. The Morgan fingerprint density at radius 3 is 2.52 bits per heavy atom. The van der Waals surface area contributed by atoms with Gasteiger partial charge in [0.2, 0.25) is 0 Å². The molecule has 0 unspecified atom stereocenters. The molecule has 1 aromatic heterocycles. The lowest BCUT2D eigenvalue weighted by atomic mass is 10.2. The number of thiazole rings is 1. The number of methoxy groups -OCH3 is 2. The molecule has 8 heteroatoms. The van der Waals surface area contributed by atoms with Crippen molar-refractivity contribution in [2.24, 2.45) is 5.73 Å². The van der Waals surface area contributed by atoms with Gasteiger partial charge in [0.05, 0.1) is 14.2 Å². The molecule has 1 amide bonds. The van der Waals surface area contributed by atoms with Crippen LogP contribution in [-0.2, 0) is 9.53 Å². The fourth-order valence-electron chi connectivity index (χ4n) is 1.75. The van der Waals surface area contributed by atoms with Gasteiger partial charge in [-0.3, -0.25) is 4.79 Å². The summed E-state index contributed by atoms with van der Waals surface area (Å²) >= 11 is 1.27. The van der Waals surface area contributed by atoms with E-state index < -0.39 is 18.0 Å². The van der Waals surface area contributed by atoms with E-state index in [2.05, 4.69) is 4.98 Å². The minimum Gasteiger partial charge on any atom is -0.493 e. The molecular formula is C15H16N2O5S. The van der Waals surface area contributed by atoms with Crippen molar-refractivity contribution in [2.45, 2.75) is 13.0 Å². The van der Waals surface area contributed by atoms with Gasteiger partial charge in [0.1, 0.15) is 5.01 Å². The van der Waals surface area contributed by atoms with Gasteiger partial charge in [-0.15, -0.1) is 11.3 Å². The summed E-state index contributed by atoms with van der Waals surface area (Å²) < 4.78 is 15.3. The van der Waals surface area contributed by atoms with Crippen molar-refractivity contribution in [3.05, 3.63) is 29.3 Å². The van der Waals surface area contributed by atoms with Gasteiger partial charge >= 0.3 is 5.97 Å². The largest absolute Gasteiger partial charge is 0.493 e. The average molecular weight is 336 g/mol. The number of esters is 1. The van der Waals surface area contributed by atoms with E-state index in [0.29, 0.717) is 16.5 Å². The highest BCUT2D eigenvalue weighted by molar-refractivity contribution is 7.13. The molecule has 23 heavy (non-hydrogen) atoms. The summed E-state index contributed by atoms with van der Waals surface area (Å²) in [6.07, 6.45) is -1.01. The number of aromatic nitrogens is 1. The minimum atomic E-state index is -1.01. The van der Waals surface area contributed by atoms with Crippen molar-refractivity contribution in [1.82, 2.24) is 4.98 Å². The molecule has 0 spiro atoms. The number of amides is 1. The third-order valence-corrected chi connectivity index (χ3v) is 3.92. The smallest absolute Gasteiger partial charge is 0.358 e. The van der Waals surface area contributed by atoms with Crippen LogP contribution in [0.1, 0.15) is 17.4 Å². The highest BCUT2D eigenvalue weighted by atomic mass is 32.1. The van der Waals surface area contributed by atoms with E-state index in [4.69, 9.17) is 19.9 Å². The molecule has 0 saturated carbocycles. The Hall–Kier alpha value is -2.61. The lowest BCUT2D eigenvalue weighted by Crippen LogP contribution is -2.30. The molecule has 0 aliphatic carbocycles. The molecular weight excluding hydrogens is 320 g/mol. The summed E-state index contributed by atoms with van der Waals surface area (Å²) in [5.74, 6) is -0.248.